The summed E-state index contributed by atoms with van der Waals surface area (Å²) in [6, 6.07) is 11.7. The van der Waals surface area contributed by atoms with E-state index in [1.807, 2.05) is 6.92 Å². The van der Waals surface area contributed by atoms with E-state index < -0.39 is 10.0 Å². The molecule has 0 fully saturated rings. The van der Waals surface area contributed by atoms with Crippen LogP contribution in [0.4, 0.5) is 0 Å². The first-order chi connectivity index (χ1) is 17.5. The Bertz CT molecular complexity index is 1700. The summed E-state index contributed by atoms with van der Waals surface area (Å²) in [5.74, 6) is 0.609. The van der Waals surface area contributed by atoms with E-state index in [1.165, 1.54) is 42.1 Å². The van der Waals surface area contributed by atoms with Crippen molar-refractivity contribution >= 4 is 38.0 Å². The summed E-state index contributed by atoms with van der Waals surface area (Å²) in [5, 5.41) is 13.4. The van der Waals surface area contributed by atoms with E-state index in [4.69, 9.17) is 9.47 Å². The molecular formula is C25H21N5O5S. The lowest BCUT2D eigenvalue weighted by Gasteiger charge is -2.10. The summed E-state index contributed by atoms with van der Waals surface area (Å²) in [7, 11) is -2.53. The third-order valence-electron chi connectivity index (χ3n) is 5.67. The Labute approximate surface area is 206 Å². The number of aryl methyl sites for hydroxylation is 1. The lowest BCUT2D eigenvalue weighted by Crippen LogP contribution is -2.13. The fourth-order valence-electron chi connectivity index (χ4n) is 4.13. The summed E-state index contributed by atoms with van der Waals surface area (Å²) < 4.78 is 40.6. The summed E-state index contributed by atoms with van der Waals surface area (Å²) in [4.78, 5) is 12.7. The number of nitrogens with zero attached hydrogens (tertiary/aromatic N) is 5. The monoisotopic (exact) mass is 503 g/mol. The smallest absolute Gasteiger partial charge is 0.268 e. The second-order valence-electron chi connectivity index (χ2n) is 7.94. The highest BCUT2D eigenvalue weighted by atomic mass is 32.2. The van der Waals surface area contributed by atoms with Crippen LogP contribution in [0.5, 0.6) is 11.6 Å². The van der Waals surface area contributed by atoms with Gasteiger partial charge in [0.05, 0.1) is 52.2 Å². The first-order valence-electron chi connectivity index (χ1n) is 10.8. The van der Waals surface area contributed by atoms with Crippen molar-refractivity contribution in [1.29, 1.82) is 0 Å². The predicted octanol–water partition coefficient (Wildman–Crippen LogP) is 4.27. The number of fused-ring (bicyclic) bond motifs is 3. The molecule has 3 heterocycles. The fourth-order valence-corrected chi connectivity index (χ4v) is 5.62. The number of ether oxygens (including phenoxy) is 2. The van der Waals surface area contributed by atoms with Gasteiger partial charge in [-0.3, -0.25) is 9.97 Å². The molecule has 36 heavy (non-hydrogen) atoms. The zero-order chi connectivity index (χ0) is 25.3. The number of aromatic nitrogens is 4. The van der Waals surface area contributed by atoms with Crippen LogP contribution in [0.2, 0.25) is 0 Å². The van der Waals surface area contributed by atoms with Crippen LogP contribution in [0.25, 0.3) is 21.8 Å². The molecule has 0 atom stereocenters. The van der Waals surface area contributed by atoms with Crippen molar-refractivity contribution in [2.24, 2.45) is 5.16 Å². The summed E-state index contributed by atoms with van der Waals surface area (Å²) in [6.07, 6.45) is 7.09. The number of hydrogen-bond acceptors (Lipinski definition) is 9. The van der Waals surface area contributed by atoms with Crippen molar-refractivity contribution in [3.8, 4) is 11.6 Å². The number of benzene rings is 2. The molecule has 0 aliphatic heterocycles. The van der Waals surface area contributed by atoms with Crippen molar-refractivity contribution in [2.45, 2.75) is 18.4 Å². The van der Waals surface area contributed by atoms with E-state index >= 15 is 0 Å². The van der Waals surface area contributed by atoms with E-state index in [0.29, 0.717) is 38.8 Å². The third kappa shape index (κ3) is 3.93. The number of pyridine rings is 1. The molecule has 0 saturated carbocycles. The Balaban J connectivity index is 1.91. The molecule has 1 N–H and O–H groups in total. The molecule has 0 amide bonds. The lowest BCUT2D eigenvalue weighted by molar-refractivity contribution is 0.185. The van der Waals surface area contributed by atoms with Crippen LogP contribution in [-0.2, 0) is 21.4 Å². The van der Waals surface area contributed by atoms with Crippen LogP contribution in [0.1, 0.15) is 16.8 Å². The highest BCUT2D eigenvalue weighted by molar-refractivity contribution is 7.90. The minimum atomic E-state index is -4.04. The molecular weight excluding hydrogens is 482 g/mol. The largest absolute Gasteiger partial charge is 0.437 e. The van der Waals surface area contributed by atoms with Crippen LogP contribution in [0.3, 0.4) is 0 Å². The summed E-state index contributed by atoms with van der Waals surface area (Å²) in [6.45, 7) is 1.97. The van der Waals surface area contributed by atoms with Gasteiger partial charge in [0, 0.05) is 30.5 Å². The van der Waals surface area contributed by atoms with Gasteiger partial charge in [-0.1, -0.05) is 28.9 Å². The molecule has 2 aromatic carbocycles. The van der Waals surface area contributed by atoms with E-state index in [-0.39, 0.29) is 17.4 Å². The molecule has 0 unspecified atom stereocenters. The second-order valence-corrected chi connectivity index (χ2v) is 9.72. The van der Waals surface area contributed by atoms with Gasteiger partial charge in [-0.25, -0.2) is 17.4 Å². The normalized spacial score (nSPS) is 12.1. The minimum Gasteiger partial charge on any atom is -0.437 e. The van der Waals surface area contributed by atoms with Crippen molar-refractivity contribution in [1.82, 2.24) is 18.9 Å². The van der Waals surface area contributed by atoms with Gasteiger partial charge in [0.25, 0.3) is 10.0 Å². The Morgan fingerprint density at radius 2 is 1.83 bits per heavy atom. The Morgan fingerprint density at radius 3 is 2.53 bits per heavy atom. The SMILES string of the molecule is COCc1c(/C=N\O)ncc2c1c1c(Oc3cnccn3)cccc1n2S(=O)(=O)c1ccc(C)cc1. The van der Waals surface area contributed by atoms with Crippen molar-refractivity contribution in [3.63, 3.8) is 0 Å². The van der Waals surface area contributed by atoms with Crippen LogP contribution in [0.15, 0.2) is 77.3 Å². The Kier molecular flexibility index (Phi) is 6.08. The van der Waals surface area contributed by atoms with Gasteiger partial charge < -0.3 is 14.7 Å². The molecule has 0 spiro atoms. The molecule has 3 aromatic heterocycles. The second kappa shape index (κ2) is 9.36. The maximum absolute atomic E-state index is 14.0. The Hall–Kier alpha value is -4.35. The molecule has 0 saturated heterocycles. The molecule has 0 aliphatic carbocycles. The first kappa shape index (κ1) is 23.4. The zero-order valence-electron chi connectivity index (χ0n) is 19.4. The topological polar surface area (TPSA) is 129 Å². The third-order valence-corrected chi connectivity index (χ3v) is 7.41. The fraction of sp³-hybridized carbons (Fsp3) is 0.120. The molecule has 0 aliphatic rings. The van der Waals surface area contributed by atoms with Crippen LogP contribution in [0, 0.1) is 6.92 Å². The number of rotatable bonds is 7. The van der Waals surface area contributed by atoms with E-state index in [2.05, 4.69) is 20.1 Å². The highest BCUT2D eigenvalue weighted by Gasteiger charge is 2.28. The quantitative estimate of drug-likeness (QED) is 0.198. The van der Waals surface area contributed by atoms with Gasteiger partial charge >= 0.3 is 0 Å². The van der Waals surface area contributed by atoms with Gasteiger partial charge in [-0.15, -0.1) is 0 Å². The number of methoxy groups -OCH3 is 1. The van der Waals surface area contributed by atoms with Crippen LogP contribution in [-0.4, -0.2) is 45.9 Å². The van der Waals surface area contributed by atoms with Crippen molar-refractivity contribution in [2.75, 3.05) is 7.11 Å². The van der Waals surface area contributed by atoms with Crippen molar-refractivity contribution in [3.05, 3.63) is 84.1 Å². The van der Waals surface area contributed by atoms with Gasteiger partial charge in [0.1, 0.15) is 5.75 Å². The molecule has 5 rings (SSSR count). The maximum Gasteiger partial charge on any atom is 0.268 e. The average molecular weight is 504 g/mol. The molecule has 0 radical (unpaired) electrons. The van der Waals surface area contributed by atoms with E-state index in [9.17, 15) is 13.6 Å². The maximum atomic E-state index is 14.0. The van der Waals surface area contributed by atoms with Gasteiger partial charge in [-0.05, 0) is 31.2 Å². The standard InChI is InChI=1S/C25H21N5O5S/c1-16-6-8-17(9-7-16)36(32,33)30-20-4-3-5-22(35-23-14-26-10-11-27-23)25(20)24-18(15-34-2)19(12-29-31)28-13-21(24)30/h3-14,31H,15H2,1-2H3/b29-12-. The minimum absolute atomic E-state index is 0.0782. The van der Waals surface area contributed by atoms with Gasteiger partial charge in [0.15, 0.2) is 0 Å². The molecule has 182 valence electrons. The van der Waals surface area contributed by atoms with Crippen LogP contribution >= 0.6 is 0 Å². The van der Waals surface area contributed by atoms with E-state index in [1.54, 1.807) is 42.5 Å². The van der Waals surface area contributed by atoms with E-state index in [0.717, 1.165) is 5.56 Å². The van der Waals surface area contributed by atoms with Gasteiger partial charge in [0.2, 0.25) is 5.88 Å². The molecule has 10 nitrogen and oxygen atoms in total. The molecule has 11 heteroatoms. The summed E-state index contributed by atoms with van der Waals surface area (Å²) >= 11 is 0. The first-order valence-corrected chi connectivity index (χ1v) is 12.3. The zero-order valence-corrected chi connectivity index (χ0v) is 20.2. The summed E-state index contributed by atoms with van der Waals surface area (Å²) in [5.41, 5.74) is 2.50. The lowest BCUT2D eigenvalue weighted by atomic mass is 10.1. The van der Waals surface area contributed by atoms with Gasteiger partial charge in [-0.2, -0.15) is 0 Å². The number of hydrogen-bond donors (Lipinski definition) is 1. The predicted molar refractivity (Wildman–Crippen MR) is 133 cm³/mol. The number of oxime groups is 1. The van der Waals surface area contributed by atoms with Crippen molar-refractivity contribution < 1.29 is 23.1 Å². The highest BCUT2D eigenvalue weighted by Crippen LogP contribution is 2.41. The molecule has 5 aromatic rings. The average Bonchev–Trinajstić information content (AvgIpc) is 3.23. The van der Waals surface area contributed by atoms with Crippen LogP contribution < -0.4 is 4.74 Å². The molecule has 0 bridgehead atoms. The Morgan fingerprint density at radius 1 is 1.03 bits per heavy atom.